The Hall–Kier alpha value is -5.83. The van der Waals surface area contributed by atoms with Gasteiger partial charge in [0.25, 0.3) is 5.76 Å². The molecule has 7 aromatic carbocycles. The second kappa shape index (κ2) is 22.2. The molecule has 0 saturated carbocycles. The number of Topliss-reactive ketones (excluding diaryl/α,β-unsaturated/α-hetero) is 1. The van der Waals surface area contributed by atoms with Crippen molar-refractivity contribution in [2.24, 2.45) is 0 Å². The van der Waals surface area contributed by atoms with Gasteiger partial charge in [0.2, 0.25) is 0 Å². The molecule has 10 heteroatoms. The molecule has 324 valence electrons. The predicted octanol–water partition coefficient (Wildman–Crippen LogP) is 9.25. The molecule has 64 heavy (non-hydrogen) atoms. The minimum absolute atomic E-state index is 0. The van der Waals surface area contributed by atoms with Gasteiger partial charge >= 0.3 is 5.78 Å². The molecule has 0 spiro atoms. The number of rotatable bonds is 11. The number of hydrogen-bond donors (Lipinski definition) is 0. The van der Waals surface area contributed by atoms with Crippen molar-refractivity contribution in [2.45, 2.75) is 47.0 Å². The van der Waals surface area contributed by atoms with Crippen LogP contribution in [0.15, 0.2) is 216 Å². The van der Waals surface area contributed by atoms with Crippen LogP contribution in [0.3, 0.4) is 0 Å². The molecule has 0 radical (unpaired) electrons. The molecule has 0 aliphatic carbocycles. The van der Waals surface area contributed by atoms with Crippen LogP contribution in [0, 0.1) is 31.8 Å². The Morgan fingerprint density at radius 2 is 1.03 bits per heavy atom. The van der Waals surface area contributed by atoms with Gasteiger partial charge in [-0.1, -0.05) is 151 Å². The van der Waals surface area contributed by atoms with E-state index in [2.05, 4.69) is 109 Å². The first kappa shape index (κ1) is 47.6. The number of sulfone groups is 2. The zero-order valence-corrected chi connectivity index (χ0v) is 39.4. The van der Waals surface area contributed by atoms with Crippen LogP contribution >= 0.6 is 7.92 Å². The zero-order chi connectivity index (χ0) is 44.2. The number of aryl methyl sites for hydroxylation is 2. The summed E-state index contributed by atoms with van der Waals surface area (Å²) in [6.45, 7) is 3.73. The molecule has 0 aromatic heterocycles. The first-order chi connectivity index (χ1) is 30.5. The molecule has 7 aromatic rings. The summed E-state index contributed by atoms with van der Waals surface area (Å²) in [4.78, 5) is 13.6. The van der Waals surface area contributed by atoms with Gasteiger partial charge < -0.3 is 5.92 Å². The minimum atomic E-state index is -4.07. The van der Waals surface area contributed by atoms with Crippen molar-refractivity contribution in [3.63, 3.8) is 0 Å². The topological polar surface area (TPSA) is 96.6 Å². The maximum Gasteiger partial charge on any atom is 0.353 e. The van der Waals surface area contributed by atoms with Crippen molar-refractivity contribution in [3.8, 4) is 11.8 Å². The molecule has 1 unspecified atom stereocenters. The van der Waals surface area contributed by atoms with Crippen LogP contribution in [0.4, 0.5) is 0 Å². The summed E-state index contributed by atoms with van der Waals surface area (Å²) < 4.78 is 60.6. The maximum atomic E-state index is 13.7. The van der Waals surface area contributed by atoms with Gasteiger partial charge in [-0.25, -0.2) is 21.3 Å². The fraction of sp³-hybridized carbons (Fsp3) is 0.111. The van der Waals surface area contributed by atoms with E-state index >= 15 is 0 Å². The van der Waals surface area contributed by atoms with E-state index in [0.29, 0.717) is 5.56 Å². The van der Waals surface area contributed by atoms with Crippen LogP contribution in [0.2, 0.25) is 0 Å². The summed E-state index contributed by atoms with van der Waals surface area (Å²) in [5.74, 6) is 5.40. The molecule has 2 atom stereocenters. The Balaban J connectivity index is 0.000000283. The summed E-state index contributed by atoms with van der Waals surface area (Å²) in [6, 6.07) is 62.7. The number of hydrogen-bond acceptors (Lipinski definition) is 5. The third kappa shape index (κ3) is 11.6. The van der Waals surface area contributed by atoms with Crippen molar-refractivity contribution in [1.29, 1.82) is 0 Å². The Morgan fingerprint density at radius 1 is 0.609 bits per heavy atom. The second-order valence-electron chi connectivity index (χ2n) is 15.0. The summed E-state index contributed by atoms with van der Waals surface area (Å²) in [5, 5.41) is 1.86. The maximum absolute atomic E-state index is 13.7. The van der Waals surface area contributed by atoms with Crippen molar-refractivity contribution in [2.75, 3.05) is 0 Å². The third-order valence-corrected chi connectivity index (χ3v) is 17.4. The molecular weight excluding hydrogens is 946 g/mol. The van der Waals surface area contributed by atoms with Crippen molar-refractivity contribution < 1.29 is 46.5 Å². The first-order valence-electron chi connectivity index (χ1n) is 20.5. The standard InChI is InChI=1S/C36H30O6S2.C18H15P.Pd/c1-26-17-21-31(22-18-26)43(38,39)33(35(37)28-11-5-3-6-12-28)16-10-9-15-30-25-34(36(42-30)29-13-7-4-8-14-29)44(40,41)32-23-19-27(2)20-24-32;1-4-10-16(11-5-1)19(17-12-6-2-7-13-17)18-14-8-3-9-15-18;/h3-8,11-14,17-24,33-34H,16,25H2,1-2H3;1-15H;/p+1/t33-,34?;;/m0../s1. The van der Waals surface area contributed by atoms with E-state index in [1.54, 1.807) is 91.0 Å². The van der Waals surface area contributed by atoms with E-state index in [0.717, 1.165) is 11.1 Å². The minimum Gasteiger partial charge on any atom is -0.326 e. The van der Waals surface area contributed by atoms with E-state index in [4.69, 9.17) is 4.42 Å². The van der Waals surface area contributed by atoms with Gasteiger partial charge in [0.15, 0.2) is 30.7 Å². The molecular formula is C54H46O6PPdS2+. The van der Waals surface area contributed by atoms with Gasteiger partial charge in [-0.05, 0) is 86.6 Å². The predicted molar refractivity (Wildman–Crippen MR) is 256 cm³/mol. The van der Waals surface area contributed by atoms with Gasteiger partial charge in [-0.2, -0.15) is 0 Å². The number of carbonyl (C=O) groups excluding carboxylic acids is 2. The van der Waals surface area contributed by atoms with Gasteiger partial charge in [0, 0.05) is 26.0 Å². The van der Waals surface area contributed by atoms with Crippen molar-refractivity contribution in [1.82, 2.24) is 0 Å². The van der Waals surface area contributed by atoms with Crippen molar-refractivity contribution in [3.05, 3.63) is 234 Å². The van der Waals surface area contributed by atoms with Crippen LogP contribution in [0.1, 0.15) is 44.3 Å². The van der Waals surface area contributed by atoms with Crippen LogP contribution in [0.5, 0.6) is 0 Å². The van der Waals surface area contributed by atoms with E-state index in [-0.39, 0.29) is 60.2 Å². The molecule has 1 aliphatic rings. The Morgan fingerprint density at radius 3 is 1.50 bits per heavy atom. The molecule has 6 nitrogen and oxygen atoms in total. The molecule has 0 N–H and O–H groups in total. The van der Waals surface area contributed by atoms with Gasteiger partial charge in [-0.15, -0.1) is 0 Å². The largest absolute Gasteiger partial charge is 0.353 e. The summed E-state index contributed by atoms with van der Waals surface area (Å²) in [6.07, 6.45) is 2.53. The van der Waals surface area contributed by atoms with Crippen LogP contribution in [-0.4, -0.2) is 38.9 Å². The van der Waals surface area contributed by atoms with Gasteiger partial charge in [0.05, 0.1) is 29.7 Å². The third-order valence-electron chi connectivity index (χ3n) is 10.5. The number of allylic oxidation sites excluding steroid dienone is 2. The number of ketones is 2. The van der Waals surface area contributed by atoms with E-state index in [1.165, 1.54) is 28.0 Å². The Bertz CT molecular complexity index is 2900. The van der Waals surface area contributed by atoms with Crippen LogP contribution in [-0.2, 0) is 40.1 Å². The molecule has 0 fully saturated rings. The summed E-state index contributed by atoms with van der Waals surface area (Å²) >= 11 is 0. The van der Waals surface area contributed by atoms with Crippen LogP contribution < -0.4 is 15.9 Å². The van der Waals surface area contributed by atoms with E-state index in [9.17, 15) is 21.6 Å². The average molecular weight is 992 g/mol. The molecule has 0 saturated heterocycles. The quantitative estimate of drug-likeness (QED) is 0.0322. The number of benzene rings is 7. The number of carbonyl (C=O) groups is 1. The zero-order valence-electron chi connectivity index (χ0n) is 35.2. The molecule has 1 aliphatic heterocycles. The van der Waals surface area contributed by atoms with Gasteiger partial charge in [-0.3, -0.25) is 10.7 Å². The Kier molecular flexibility index (Phi) is 16.5. The summed E-state index contributed by atoms with van der Waals surface area (Å²) in [7, 11) is -8.77. The first-order valence-corrected chi connectivity index (χ1v) is 25.0. The Labute approximate surface area is 392 Å². The van der Waals surface area contributed by atoms with Crippen molar-refractivity contribution >= 4 is 55.1 Å². The fourth-order valence-corrected chi connectivity index (χ4v) is 13.0. The second-order valence-corrected chi connectivity index (χ2v) is 21.7. The smallest absolute Gasteiger partial charge is 0.326 e. The molecule has 0 amide bonds. The van der Waals surface area contributed by atoms with Crippen LogP contribution in [0.25, 0.3) is 0 Å². The summed E-state index contributed by atoms with van der Waals surface area (Å²) in [5.41, 5.74) is 2.72. The average Bonchev–Trinajstić information content (AvgIpc) is 3.76. The molecule has 8 rings (SSSR count). The molecule has 0 bridgehead atoms. The fourth-order valence-electron chi connectivity index (χ4n) is 7.16. The normalized spacial score (nSPS) is 14.5. The van der Waals surface area contributed by atoms with E-state index < -0.39 is 43.9 Å². The van der Waals surface area contributed by atoms with Gasteiger partial charge in [0.1, 0.15) is 21.2 Å². The molecule has 1 heterocycles. The van der Waals surface area contributed by atoms with E-state index in [1.807, 2.05) is 19.9 Å². The SMILES string of the molecule is Cc1ccc(S(=O)(=O)C2CC(=[C-]C#CC[C@@H](C(=O)c3ccccc3)S(=O)(=O)c3ccc(C)cc3)[O+]=C2c2ccccc2)cc1.[Pd].c1ccc([PH+](c2ccccc2)c2ccccc2)cc1. The monoisotopic (exact) mass is 991 g/mol.